The molecule has 1 fully saturated rings. The maximum absolute atomic E-state index is 5.65. The van der Waals surface area contributed by atoms with Gasteiger partial charge in [0.15, 0.2) is 0 Å². The van der Waals surface area contributed by atoms with Gasteiger partial charge in [0.2, 0.25) is 0 Å². The summed E-state index contributed by atoms with van der Waals surface area (Å²) in [6.45, 7) is 15.1. The highest BCUT2D eigenvalue weighted by molar-refractivity contribution is 4.85. The highest BCUT2D eigenvalue weighted by atomic mass is 16.5. The Morgan fingerprint density at radius 3 is 2.65 bits per heavy atom. The molecule has 3 atom stereocenters. The van der Waals surface area contributed by atoms with Gasteiger partial charge in [0.05, 0.1) is 6.10 Å². The zero-order valence-electron chi connectivity index (χ0n) is 14.4. The molecule has 0 aliphatic carbocycles. The van der Waals surface area contributed by atoms with Crippen molar-refractivity contribution in [2.45, 2.75) is 59.5 Å². The molecule has 3 nitrogen and oxygen atoms in total. The Morgan fingerprint density at radius 1 is 1.30 bits per heavy atom. The van der Waals surface area contributed by atoms with Gasteiger partial charge in [-0.1, -0.05) is 34.1 Å². The Morgan fingerprint density at radius 2 is 2.05 bits per heavy atom. The van der Waals surface area contributed by atoms with E-state index in [1.54, 1.807) is 0 Å². The molecule has 1 aliphatic heterocycles. The van der Waals surface area contributed by atoms with Crippen molar-refractivity contribution in [1.82, 2.24) is 10.2 Å². The van der Waals surface area contributed by atoms with E-state index in [0.29, 0.717) is 17.4 Å². The van der Waals surface area contributed by atoms with Crippen LogP contribution < -0.4 is 5.32 Å². The number of methoxy groups -OCH3 is 1. The molecule has 0 aromatic heterocycles. The molecule has 3 heteroatoms. The van der Waals surface area contributed by atoms with Gasteiger partial charge in [0.25, 0.3) is 0 Å². The van der Waals surface area contributed by atoms with E-state index in [4.69, 9.17) is 4.74 Å². The maximum atomic E-state index is 5.65. The quantitative estimate of drug-likeness (QED) is 0.658. The first kappa shape index (κ1) is 17.9. The first-order valence-corrected chi connectivity index (χ1v) is 8.50. The highest BCUT2D eigenvalue weighted by Gasteiger charge is 2.31. The summed E-state index contributed by atoms with van der Waals surface area (Å²) in [5.74, 6) is 0.701. The Kier molecular flexibility index (Phi) is 8.08. The van der Waals surface area contributed by atoms with Crippen LogP contribution in [0.4, 0.5) is 0 Å². The molecule has 1 N–H and O–H groups in total. The molecule has 0 aromatic rings. The second-order valence-corrected chi connectivity index (χ2v) is 7.01. The Hall–Kier alpha value is -0.120. The number of ether oxygens (including phenoxy) is 1. The average Bonchev–Trinajstić information content (AvgIpc) is 2.41. The maximum Gasteiger partial charge on any atom is 0.0724 e. The van der Waals surface area contributed by atoms with Gasteiger partial charge >= 0.3 is 0 Å². The number of hydrogen-bond acceptors (Lipinski definition) is 3. The van der Waals surface area contributed by atoms with Crippen LogP contribution in [0.2, 0.25) is 0 Å². The van der Waals surface area contributed by atoms with Crippen LogP contribution in [-0.4, -0.2) is 50.8 Å². The topological polar surface area (TPSA) is 24.5 Å². The fraction of sp³-hybridized carbons (Fsp3) is 1.00. The minimum Gasteiger partial charge on any atom is -0.380 e. The van der Waals surface area contributed by atoms with Gasteiger partial charge in [-0.25, -0.2) is 0 Å². The molecule has 20 heavy (non-hydrogen) atoms. The molecule has 0 bridgehead atoms. The van der Waals surface area contributed by atoms with Crippen LogP contribution in [0, 0.1) is 11.3 Å². The van der Waals surface area contributed by atoms with E-state index in [2.05, 4.69) is 37.9 Å². The van der Waals surface area contributed by atoms with Gasteiger partial charge in [-0.2, -0.15) is 0 Å². The van der Waals surface area contributed by atoms with Crippen molar-refractivity contribution in [2.75, 3.05) is 39.8 Å². The van der Waals surface area contributed by atoms with Crippen molar-refractivity contribution >= 4 is 0 Å². The summed E-state index contributed by atoms with van der Waals surface area (Å²) < 4.78 is 5.65. The summed E-state index contributed by atoms with van der Waals surface area (Å²) >= 11 is 0. The fourth-order valence-electron chi connectivity index (χ4n) is 3.48. The lowest BCUT2D eigenvalue weighted by Gasteiger charge is -2.41. The summed E-state index contributed by atoms with van der Waals surface area (Å²) in [5, 5.41) is 3.63. The molecular formula is C17H36N2O. The molecular weight excluding hydrogens is 248 g/mol. The Labute approximate surface area is 126 Å². The molecule has 3 unspecified atom stereocenters. The normalized spacial score (nSPS) is 27.4. The molecule has 1 heterocycles. The summed E-state index contributed by atoms with van der Waals surface area (Å²) in [5.41, 5.74) is 0.392. The molecule has 1 rings (SSSR count). The van der Waals surface area contributed by atoms with Crippen LogP contribution in [0.1, 0.15) is 53.4 Å². The third-order valence-corrected chi connectivity index (χ3v) is 4.71. The van der Waals surface area contributed by atoms with E-state index in [9.17, 15) is 0 Å². The zero-order valence-corrected chi connectivity index (χ0v) is 14.4. The highest BCUT2D eigenvalue weighted by Crippen LogP contribution is 2.27. The van der Waals surface area contributed by atoms with E-state index in [0.717, 1.165) is 19.6 Å². The van der Waals surface area contributed by atoms with Gasteiger partial charge in [0.1, 0.15) is 0 Å². The van der Waals surface area contributed by atoms with Gasteiger partial charge in [-0.05, 0) is 43.7 Å². The number of piperidine rings is 1. The van der Waals surface area contributed by atoms with E-state index in [-0.39, 0.29) is 0 Å². The van der Waals surface area contributed by atoms with Gasteiger partial charge in [-0.3, -0.25) is 0 Å². The van der Waals surface area contributed by atoms with E-state index in [1.165, 1.54) is 38.8 Å². The molecule has 0 radical (unpaired) electrons. The average molecular weight is 284 g/mol. The SMILES string of the molecule is CCCNCC(C)(CCC)CN1CCC(C)C(OC)C1. The number of rotatable bonds is 9. The lowest BCUT2D eigenvalue weighted by atomic mass is 9.83. The zero-order chi connectivity index (χ0) is 15.0. The van der Waals surface area contributed by atoms with E-state index >= 15 is 0 Å². The molecule has 0 spiro atoms. The van der Waals surface area contributed by atoms with Crippen LogP contribution in [0.15, 0.2) is 0 Å². The summed E-state index contributed by atoms with van der Waals surface area (Å²) in [7, 11) is 1.86. The van der Waals surface area contributed by atoms with Crippen molar-refractivity contribution in [3.05, 3.63) is 0 Å². The minimum absolute atomic E-state index is 0.392. The summed E-state index contributed by atoms with van der Waals surface area (Å²) in [4.78, 5) is 2.62. The molecule has 1 aliphatic rings. The van der Waals surface area contributed by atoms with Crippen LogP contribution in [0.25, 0.3) is 0 Å². The predicted octanol–water partition coefficient (Wildman–Crippen LogP) is 3.15. The largest absolute Gasteiger partial charge is 0.380 e. The van der Waals surface area contributed by atoms with E-state index < -0.39 is 0 Å². The molecule has 0 aromatic carbocycles. The third kappa shape index (κ3) is 5.71. The number of nitrogens with zero attached hydrogens (tertiary/aromatic N) is 1. The van der Waals surface area contributed by atoms with Crippen molar-refractivity contribution in [3.8, 4) is 0 Å². The van der Waals surface area contributed by atoms with Crippen molar-refractivity contribution in [3.63, 3.8) is 0 Å². The number of hydrogen-bond donors (Lipinski definition) is 1. The van der Waals surface area contributed by atoms with Crippen molar-refractivity contribution in [2.24, 2.45) is 11.3 Å². The number of likely N-dealkylation sites (tertiary alicyclic amines) is 1. The van der Waals surface area contributed by atoms with Crippen LogP contribution in [0.3, 0.4) is 0 Å². The molecule has 0 saturated carbocycles. The smallest absolute Gasteiger partial charge is 0.0724 e. The van der Waals surface area contributed by atoms with Crippen molar-refractivity contribution in [1.29, 1.82) is 0 Å². The fourth-order valence-corrected chi connectivity index (χ4v) is 3.48. The monoisotopic (exact) mass is 284 g/mol. The van der Waals surface area contributed by atoms with Crippen LogP contribution >= 0.6 is 0 Å². The lowest BCUT2D eigenvalue weighted by Crippen LogP contribution is -2.49. The van der Waals surface area contributed by atoms with E-state index in [1.807, 2.05) is 7.11 Å². The third-order valence-electron chi connectivity index (χ3n) is 4.71. The van der Waals surface area contributed by atoms with Crippen LogP contribution in [0.5, 0.6) is 0 Å². The Balaban J connectivity index is 2.51. The second kappa shape index (κ2) is 9.01. The second-order valence-electron chi connectivity index (χ2n) is 7.01. The molecule has 120 valence electrons. The lowest BCUT2D eigenvalue weighted by molar-refractivity contribution is -0.0173. The molecule has 0 amide bonds. The predicted molar refractivity (Wildman–Crippen MR) is 87.2 cm³/mol. The van der Waals surface area contributed by atoms with Gasteiger partial charge < -0.3 is 15.0 Å². The van der Waals surface area contributed by atoms with Crippen molar-refractivity contribution < 1.29 is 4.74 Å². The van der Waals surface area contributed by atoms with Gasteiger partial charge in [0, 0.05) is 26.7 Å². The minimum atomic E-state index is 0.392. The number of nitrogens with one attached hydrogen (secondary N) is 1. The first-order valence-electron chi connectivity index (χ1n) is 8.50. The Bertz CT molecular complexity index is 259. The standard InChI is InChI=1S/C17H36N2O/c1-6-9-17(4,13-18-10-7-2)14-19-11-8-15(3)16(12-19)20-5/h15-16,18H,6-14H2,1-5H3. The van der Waals surface area contributed by atoms with Gasteiger partial charge in [-0.15, -0.1) is 0 Å². The summed E-state index contributed by atoms with van der Waals surface area (Å²) in [6.07, 6.45) is 5.46. The molecule has 1 saturated heterocycles. The first-order chi connectivity index (χ1) is 9.54. The van der Waals surface area contributed by atoms with Crippen LogP contribution in [-0.2, 0) is 4.74 Å². The summed E-state index contributed by atoms with van der Waals surface area (Å²) in [6, 6.07) is 0.